The maximum atomic E-state index is 3.64. The molecule has 2 fully saturated rings. The second-order valence-electron chi connectivity index (χ2n) is 6.26. The molecule has 2 saturated carbocycles. The first-order valence-electron chi connectivity index (χ1n) is 7.00. The van der Waals surface area contributed by atoms with Gasteiger partial charge in [0, 0.05) is 12.6 Å². The number of nitrogens with one attached hydrogen (secondary N) is 1. The Kier molecular flexibility index (Phi) is 2.74. The number of rotatable bonds is 5. The van der Waals surface area contributed by atoms with E-state index in [4.69, 9.17) is 0 Å². The van der Waals surface area contributed by atoms with Crippen molar-refractivity contribution >= 4 is 0 Å². The Morgan fingerprint density at radius 1 is 1.24 bits per heavy atom. The van der Waals surface area contributed by atoms with Gasteiger partial charge in [-0.2, -0.15) is 0 Å². The van der Waals surface area contributed by atoms with Gasteiger partial charge in [0.05, 0.1) is 0 Å². The predicted octanol–water partition coefficient (Wildman–Crippen LogP) is 3.57. The predicted molar refractivity (Wildman–Crippen MR) is 72.1 cm³/mol. The molecule has 0 amide bonds. The Morgan fingerprint density at radius 3 is 2.53 bits per heavy atom. The summed E-state index contributed by atoms with van der Waals surface area (Å²) in [5.74, 6) is 1.81. The van der Waals surface area contributed by atoms with Crippen LogP contribution in [0.15, 0.2) is 30.3 Å². The van der Waals surface area contributed by atoms with E-state index < -0.39 is 0 Å². The van der Waals surface area contributed by atoms with Gasteiger partial charge in [0.25, 0.3) is 0 Å². The Balaban J connectivity index is 1.61. The van der Waals surface area contributed by atoms with Crippen LogP contribution in [0.4, 0.5) is 0 Å². The highest BCUT2D eigenvalue weighted by Crippen LogP contribution is 2.67. The molecule has 2 aliphatic rings. The fraction of sp³-hybridized carbons (Fsp3) is 0.625. The molecule has 92 valence electrons. The molecule has 1 aromatic rings. The van der Waals surface area contributed by atoms with Gasteiger partial charge >= 0.3 is 0 Å². The lowest BCUT2D eigenvalue weighted by molar-refractivity contribution is 0.380. The van der Waals surface area contributed by atoms with Crippen molar-refractivity contribution in [3.63, 3.8) is 0 Å². The van der Waals surface area contributed by atoms with E-state index in [1.165, 1.54) is 25.8 Å². The summed E-state index contributed by atoms with van der Waals surface area (Å²) in [5, 5.41) is 3.64. The molecule has 1 nitrogen and oxygen atoms in total. The Bertz CT molecular complexity index is 378. The van der Waals surface area contributed by atoms with Gasteiger partial charge in [-0.3, -0.25) is 0 Å². The monoisotopic (exact) mass is 229 g/mol. The zero-order chi connectivity index (χ0) is 11.9. The molecule has 1 heteroatoms. The summed E-state index contributed by atoms with van der Waals surface area (Å²) in [6.45, 7) is 5.73. The molecule has 0 saturated heterocycles. The van der Waals surface area contributed by atoms with Crippen LogP contribution in [0.5, 0.6) is 0 Å². The fourth-order valence-corrected chi connectivity index (χ4v) is 3.19. The summed E-state index contributed by atoms with van der Waals surface area (Å²) in [7, 11) is 0. The van der Waals surface area contributed by atoms with Gasteiger partial charge in [0.1, 0.15) is 0 Å². The molecule has 3 rings (SSSR count). The molecule has 0 spiro atoms. The third-order valence-electron chi connectivity index (χ3n) is 4.56. The lowest BCUT2D eigenvalue weighted by Gasteiger charge is -2.18. The average Bonchev–Trinajstić information content (AvgIpc) is 3.21. The summed E-state index contributed by atoms with van der Waals surface area (Å²) in [4.78, 5) is 0. The van der Waals surface area contributed by atoms with Crippen molar-refractivity contribution in [3.05, 3.63) is 35.9 Å². The highest BCUT2D eigenvalue weighted by molar-refractivity contribution is 5.29. The van der Waals surface area contributed by atoms with Gasteiger partial charge in [0.2, 0.25) is 0 Å². The number of hydrogen-bond donors (Lipinski definition) is 1. The summed E-state index contributed by atoms with van der Waals surface area (Å²) >= 11 is 0. The molecular weight excluding hydrogens is 206 g/mol. The van der Waals surface area contributed by atoms with Gasteiger partial charge in [-0.1, -0.05) is 44.2 Å². The van der Waals surface area contributed by atoms with Crippen LogP contribution in [0.3, 0.4) is 0 Å². The molecule has 0 bridgehead atoms. The Hall–Kier alpha value is -0.820. The van der Waals surface area contributed by atoms with E-state index in [1.807, 2.05) is 0 Å². The van der Waals surface area contributed by atoms with E-state index in [0.29, 0.717) is 11.5 Å². The Morgan fingerprint density at radius 2 is 1.94 bits per heavy atom. The molecule has 1 N–H and O–H groups in total. The minimum atomic E-state index is 0.626. The normalized spacial score (nSPS) is 29.4. The molecule has 17 heavy (non-hydrogen) atoms. The van der Waals surface area contributed by atoms with E-state index in [-0.39, 0.29) is 0 Å². The van der Waals surface area contributed by atoms with Gasteiger partial charge in [-0.05, 0) is 42.1 Å². The fourth-order valence-electron chi connectivity index (χ4n) is 3.19. The smallest absolute Gasteiger partial charge is 0.00131 e. The molecule has 2 atom stereocenters. The highest BCUT2D eigenvalue weighted by atomic mass is 14.9. The van der Waals surface area contributed by atoms with E-state index in [2.05, 4.69) is 49.5 Å². The van der Waals surface area contributed by atoms with Crippen molar-refractivity contribution in [1.29, 1.82) is 0 Å². The van der Waals surface area contributed by atoms with Crippen LogP contribution in [0.1, 0.15) is 44.6 Å². The van der Waals surface area contributed by atoms with Crippen molar-refractivity contribution in [2.24, 2.45) is 11.3 Å². The molecule has 0 aromatic heterocycles. The van der Waals surface area contributed by atoms with Crippen molar-refractivity contribution in [1.82, 2.24) is 5.32 Å². The lowest BCUT2D eigenvalue weighted by Crippen LogP contribution is -2.31. The zero-order valence-electron chi connectivity index (χ0n) is 10.9. The second-order valence-corrected chi connectivity index (χ2v) is 6.26. The van der Waals surface area contributed by atoms with Crippen LogP contribution in [0, 0.1) is 11.3 Å². The first kappa shape index (κ1) is 11.3. The maximum absolute atomic E-state index is 3.64. The minimum Gasteiger partial charge on any atom is -0.314 e. The van der Waals surface area contributed by atoms with Crippen LogP contribution in [-0.2, 0) is 0 Å². The third kappa shape index (κ3) is 2.26. The molecule has 2 unspecified atom stereocenters. The van der Waals surface area contributed by atoms with E-state index >= 15 is 0 Å². The second kappa shape index (κ2) is 4.13. The minimum absolute atomic E-state index is 0.626. The molecule has 2 aliphatic carbocycles. The molecule has 1 aromatic carbocycles. The summed E-state index contributed by atoms with van der Waals surface area (Å²) in [5.41, 5.74) is 2.22. The average molecular weight is 229 g/mol. The summed E-state index contributed by atoms with van der Waals surface area (Å²) < 4.78 is 0. The zero-order valence-corrected chi connectivity index (χ0v) is 10.9. The SMILES string of the molecule is CC(C)NCC1(C2CC2c2ccccc2)CC1. The van der Waals surface area contributed by atoms with Crippen LogP contribution in [0.25, 0.3) is 0 Å². The van der Waals surface area contributed by atoms with Crippen molar-refractivity contribution in [3.8, 4) is 0 Å². The van der Waals surface area contributed by atoms with Crippen LogP contribution in [-0.4, -0.2) is 12.6 Å². The van der Waals surface area contributed by atoms with E-state index in [1.54, 1.807) is 5.56 Å². The van der Waals surface area contributed by atoms with E-state index in [0.717, 1.165) is 11.8 Å². The Labute approximate surface area is 105 Å². The van der Waals surface area contributed by atoms with Gasteiger partial charge < -0.3 is 5.32 Å². The maximum Gasteiger partial charge on any atom is 0.00131 e. The van der Waals surface area contributed by atoms with Crippen molar-refractivity contribution in [2.75, 3.05) is 6.54 Å². The van der Waals surface area contributed by atoms with Crippen LogP contribution >= 0.6 is 0 Å². The lowest BCUT2D eigenvalue weighted by atomic mass is 9.96. The van der Waals surface area contributed by atoms with Crippen molar-refractivity contribution in [2.45, 2.75) is 45.1 Å². The van der Waals surface area contributed by atoms with Crippen LogP contribution in [0.2, 0.25) is 0 Å². The summed E-state index contributed by atoms with van der Waals surface area (Å²) in [6, 6.07) is 11.7. The quantitative estimate of drug-likeness (QED) is 0.814. The largest absolute Gasteiger partial charge is 0.314 e. The molecular formula is C16H23N. The first-order valence-corrected chi connectivity index (χ1v) is 7.00. The summed E-state index contributed by atoms with van der Waals surface area (Å²) in [6.07, 6.45) is 4.31. The van der Waals surface area contributed by atoms with Gasteiger partial charge in [0.15, 0.2) is 0 Å². The van der Waals surface area contributed by atoms with Gasteiger partial charge in [-0.15, -0.1) is 0 Å². The topological polar surface area (TPSA) is 12.0 Å². The standard InChI is InChI=1S/C16H23N/c1-12(2)17-11-16(8-9-16)15-10-14(15)13-6-4-3-5-7-13/h3-7,12,14-15,17H,8-11H2,1-2H3. The molecule has 0 heterocycles. The van der Waals surface area contributed by atoms with E-state index in [9.17, 15) is 0 Å². The third-order valence-corrected chi connectivity index (χ3v) is 4.56. The van der Waals surface area contributed by atoms with Gasteiger partial charge in [-0.25, -0.2) is 0 Å². The number of benzene rings is 1. The van der Waals surface area contributed by atoms with Crippen LogP contribution < -0.4 is 5.32 Å². The highest BCUT2D eigenvalue weighted by Gasteiger charge is 2.58. The number of hydrogen-bond acceptors (Lipinski definition) is 1. The molecule has 0 radical (unpaired) electrons. The van der Waals surface area contributed by atoms with Crippen molar-refractivity contribution < 1.29 is 0 Å². The molecule has 0 aliphatic heterocycles. The first-order chi connectivity index (χ1) is 8.21.